The van der Waals surface area contributed by atoms with Gasteiger partial charge in [0.15, 0.2) is 0 Å². The van der Waals surface area contributed by atoms with E-state index in [0.29, 0.717) is 6.54 Å². The fourth-order valence-corrected chi connectivity index (χ4v) is 2.06. The summed E-state index contributed by atoms with van der Waals surface area (Å²) in [5.74, 6) is 0. The molecule has 1 aliphatic heterocycles. The highest BCUT2D eigenvalue weighted by Gasteiger charge is 2.27. The fourth-order valence-electron chi connectivity index (χ4n) is 2.06. The van der Waals surface area contributed by atoms with Crippen molar-refractivity contribution >= 4 is 6.09 Å². The SMILES string of the molecule is C[C@H](CO)NC1CCCN(C(=O)OC(C)(C)C)C1. The number of nitrogens with zero attached hydrogens (tertiary/aromatic N) is 1. The molecule has 0 saturated carbocycles. The molecule has 0 aromatic carbocycles. The number of carbonyl (C=O) groups is 1. The van der Waals surface area contributed by atoms with Gasteiger partial charge in [0.1, 0.15) is 5.60 Å². The Bertz CT molecular complexity index is 276. The molecule has 1 amide bonds. The molecule has 0 aromatic rings. The summed E-state index contributed by atoms with van der Waals surface area (Å²) in [6.45, 7) is 9.07. The van der Waals surface area contributed by atoms with Gasteiger partial charge in [-0.25, -0.2) is 4.79 Å². The summed E-state index contributed by atoms with van der Waals surface area (Å²) in [7, 11) is 0. The topological polar surface area (TPSA) is 61.8 Å². The quantitative estimate of drug-likeness (QED) is 0.802. The Balaban J connectivity index is 2.45. The number of nitrogens with one attached hydrogen (secondary N) is 1. The molecule has 0 aliphatic carbocycles. The Hall–Kier alpha value is -0.810. The second kappa shape index (κ2) is 6.38. The summed E-state index contributed by atoms with van der Waals surface area (Å²) in [6.07, 6.45) is 1.75. The highest BCUT2D eigenvalue weighted by atomic mass is 16.6. The molecule has 2 atom stereocenters. The number of piperidine rings is 1. The standard InChI is InChI=1S/C13H26N2O3/c1-10(9-16)14-11-6-5-7-15(8-11)12(17)18-13(2,3)4/h10-11,14,16H,5-9H2,1-4H3/t10-,11?/m1/s1. The Kier molecular flexibility index (Phi) is 5.41. The highest BCUT2D eigenvalue weighted by Crippen LogP contribution is 2.15. The predicted molar refractivity (Wildman–Crippen MR) is 70.5 cm³/mol. The van der Waals surface area contributed by atoms with Crippen LogP contribution in [0.4, 0.5) is 4.79 Å². The second-order valence-corrected chi connectivity index (χ2v) is 6.02. The average Bonchev–Trinajstić information content (AvgIpc) is 2.27. The molecule has 18 heavy (non-hydrogen) atoms. The molecule has 0 radical (unpaired) electrons. The van der Waals surface area contributed by atoms with E-state index in [2.05, 4.69) is 5.32 Å². The van der Waals surface area contributed by atoms with E-state index in [1.165, 1.54) is 0 Å². The molecule has 1 fully saturated rings. The summed E-state index contributed by atoms with van der Waals surface area (Å²) in [4.78, 5) is 13.7. The minimum Gasteiger partial charge on any atom is -0.444 e. The number of aliphatic hydroxyl groups excluding tert-OH is 1. The molecule has 1 unspecified atom stereocenters. The van der Waals surface area contributed by atoms with E-state index in [1.807, 2.05) is 27.7 Å². The lowest BCUT2D eigenvalue weighted by atomic mass is 10.1. The van der Waals surface area contributed by atoms with E-state index in [4.69, 9.17) is 9.84 Å². The maximum atomic E-state index is 11.9. The van der Waals surface area contributed by atoms with E-state index in [-0.39, 0.29) is 24.8 Å². The second-order valence-electron chi connectivity index (χ2n) is 6.02. The van der Waals surface area contributed by atoms with Crippen molar-refractivity contribution in [1.29, 1.82) is 0 Å². The maximum absolute atomic E-state index is 11.9. The first-order chi connectivity index (χ1) is 8.31. The maximum Gasteiger partial charge on any atom is 0.410 e. The van der Waals surface area contributed by atoms with Crippen molar-refractivity contribution in [2.45, 2.75) is 58.2 Å². The van der Waals surface area contributed by atoms with Crippen LogP contribution in [0.15, 0.2) is 0 Å². The van der Waals surface area contributed by atoms with Gasteiger partial charge in [-0.3, -0.25) is 0 Å². The Morgan fingerprint density at radius 2 is 2.22 bits per heavy atom. The zero-order chi connectivity index (χ0) is 13.8. The van der Waals surface area contributed by atoms with Crippen molar-refractivity contribution in [3.8, 4) is 0 Å². The smallest absolute Gasteiger partial charge is 0.410 e. The third-order valence-corrected chi connectivity index (χ3v) is 2.87. The molecule has 1 heterocycles. The van der Waals surface area contributed by atoms with E-state index in [0.717, 1.165) is 19.4 Å². The molecule has 5 nitrogen and oxygen atoms in total. The fraction of sp³-hybridized carbons (Fsp3) is 0.923. The van der Waals surface area contributed by atoms with Crippen molar-refractivity contribution in [1.82, 2.24) is 10.2 Å². The lowest BCUT2D eigenvalue weighted by Crippen LogP contribution is -2.51. The summed E-state index contributed by atoms with van der Waals surface area (Å²) >= 11 is 0. The number of ether oxygens (including phenoxy) is 1. The van der Waals surface area contributed by atoms with Crippen LogP contribution in [0.3, 0.4) is 0 Å². The van der Waals surface area contributed by atoms with Gasteiger partial charge in [0, 0.05) is 25.2 Å². The lowest BCUT2D eigenvalue weighted by Gasteiger charge is -2.35. The predicted octanol–water partition coefficient (Wildman–Crippen LogP) is 1.36. The molecular weight excluding hydrogens is 232 g/mol. The monoisotopic (exact) mass is 258 g/mol. The van der Waals surface area contributed by atoms with Gasteiger partial charge < -0.3 is 20.1 Å². The van der Waals surface area contributed by atoms with Gasteiger partial charge in [0.05, 0.1) is 6.61 Å². The van der Waals surface area contributed by atoms with Gasteiger partial charge in [-0.2, -0.15) is 0 Å². The van der Waals surface area contributed by atoms with Crippen molar-refractivity contribution in [3.63, 3.8) is 0 Å². The summed E-state index contributed by atoms with van der Waals surface area (Å²) < 4.78 is 5.37. The minimum absolute atomic E-state index is 0.0635. The number of hydrogen-bond donors (Lipinski definition) is 2. The molecule has 106 valence electrons. The Morgan fingerprint density at radius 1 is 1.56 bits per heavy atom. The van der Waals surface area contributed by atoms with Crippen molar-refractivity contribution < 1.29 is 14.6 Å². The number of aliphatic hydroxyl groups is 1. The normalized spacial score (nSPS) is 22.7. The molecule has 1 aliphatic rings. The molecule has 1 rings (SSSR count). The van der Waals surface area contributed by atoms with Gasteiger partial charge >= 0.3 is 6.09 Å². The third-order valence-electron chi connectivity index (χ3n) is 2.87. The first-order valence-corrected chi connectivity index (χ1v) is 6.66. The molecule has 5 heteroatoms. The largest absolute Gasteiger partial charge is 0.444 e. The van der Waals surface area contributed by atoms with E-state index >= 15 is 0 Å². The van der Waals surface area contributed by atoms with Crippen molar-refractivity contribution in [2.75, 3.05) is 19.7 Å². The zero-order valence-corrected chi connectivity index (χ0v) is 11.9. The summed E-state index contributed by atoms with van der Waals surface area (Å²) in [5.41, 5.74) is -0.449. The van der Waals surface area contributed by atoms with Gasteiger partial charge in [-0.05, 0) is 40.5 Å². The number of amides is 1. The zero-order valence-electron chi connectivity index (χ0n) is 11.9. The van der Waals surface area contributed by atoms with Crippen LogP contribution in [0.5, 0.6) is 0 Å². The number of hydrogen-bond acceptors (Lipinski definition) is 4. The van der Waals surface area contributed by atoms with Crippen molar-refractivity contribution in [3.05, 3.63) is 0 Å². The molecule has 0 bridgehead atoms. The number of rotatable bonds is 3. The third kappa shape index (κ3) is 5.23. The molecule has 0 spiro atoms. The van der Waals surface area contributed by atoms with Crippen LogP contribution in [0.2, 0.25) is 0 Å². The molecule has 2 N–H and O–H groups in total. The van der Waals surface area contributed by atoms with E-state index in [1.54, 1.807) is 4.90 Å². The molecule has 0 aromatic heterocycles. The lowest BCUT2D eigenvalue weighted by molar-refractivity contribution is 0.0181. The first kappa shape index (κ1) is 15.2. The van der Waals surface area contributed by atoms with Crippen LogP contribution < -0.4 is 5.32 Å². The van der Waals surface area contributed by atoms with Crippen LogP contribution in [0.25, 0.3) is 0 Å². The summed E-state index contributed by atoms with van der Waals surface area (Å²) in [6, 6.07) is 0.307. The van der Waals surface area contributed by atoms with Crippen LogP contribution in [-0.4, -0.2) is 53.5 Å². The van der Waals surface area contributed by atoms with Crippen LogP contribution >= 0.6 is 0 Å². The summed E-state index contributed by atoms with van der Waals surface area (Å²) in [5, 5.41) is 12.3. The highest BCUT2D eigenvalue weighted by molar-refractivity contribution is 5.68. The van der Waals surface area contributed by atoms with E-state index < -0.39 is 5.60 Å². The number of likely N-dealkylation sites (tertiary alicyclic amines) is 1. The van der Waals surface area contributed by atoms with Crippen molar-refractivity contribution in [2.24, 2.45) is 0 Å². The van der Waals surface area contributed by atoms with E-state index in [9.17, 15) is 4.79 Å². The van der Waals surface area contributed by atoms with Gasteiger partial charge in [0.2, 0.25) is 0 Å². The van der Waals surface area contributed by atoms with Crippen LogP contribution in [-0.2, 0) is 4.74 Å². The van der Waals surface area contributed by atoms with Gasteiger partial charge in [-0.15, -0.1) is 0 Å². The van der Waals surface area contributed by atoms with Crippen LogP contribution in [0.1, 0.15) is 40.5 Å². The minimum atomic E-state index is -0.449. The molecule has 1 saturated heterocycles. The Labute approximate surface area is 109 Å². The van der Waals surface area contributed by atoms with Crippen LogP contribution in [0, 0.1) is 0 Å². The van der Waals surface area contributed by atoms with Gasteiger partial charge in [0.25, 0.3) is 0 Å². The van der Waals surface area contributed by atoms with Gasteiger partial charge in [-0.1, -0.05) is 0 Å². The average molecular weight is 258 g/mol. The number of carbonyl (C=O) groups excluding carboxylic acids is 1. The molecular formula is C13H26N2O3. The Morgan fingerprint density at radius 3 is 2.78 bits per heavy atom. The first-order valence-electron chi connectivity index (χ1n) is 6.66.